The van der Waals surface area contributed by atoms with Gasteiger partial charge in [-0.2, -0.15) is 0 Å². The van der Waals surface area contributed by atoms with Gasteiger partial charge < -0.3 is 19.7 Å². The molecule has 1 saturated heterocycles. The first-order valence-electron chi connectivity index (χ1n) is 9.11. The Morgan fingerprint density at radius 2 is 1.88 bits per heavy atom. The van der Waals surface area contributed by atoms with E-state index in [1.807, 2.05) is 23.1 Å². The minimum Gasteiger partial charge on any atom is -0.508 e. The number of urea groups is 1. The van der Waals surface area contributed by atoms with Crippen LogP contribution in [0.3, 0.4) is 0 Å². The molecule has 1 aromatic carbocycles. The van der Waals surface area contributed by atoms with E-state index in [9.17, 15) is 9.90 Å². The number of hydrogen-bond donors (Lipinski definition) is 2. The molecule has 1 fully saturated rings. The summed E-state index contributed by atoms with van der Waals surface area (Å²) in [5.74, 6) is 1.77. The summed E-state index contributed by atoms with van der Waals surface area (Å²) >= 11 is 0. The van der Waals surface area contributed by atoms with Gasteiger partial charge in [-0.3, -0.25) is 0 Å². The van der Waals surface area contributed by atoms with Gasteiger partial charge in [-0.25, -0.2) is 4.79 Å². The molecule has 1 aromatic heterocycles. The number of piperidine rings is 1. The second kappa shape index (κ2) is 6.82. The molecule has 25 heavy (non-hydrogen) atoms. The van der Waals surface area contributed by atoms with Crippen LogP contribution in [-0.4, -0.2) is 29.1 Å². The highest BCUT2D eigenvalue weighted by atomic mass is 16.3. The molecule has 1 aliphatic heterocycles. The average molecular weight is 340 g/mol. The van der Waals surface area contributed by atoms with Crippen molar-refractivity contribution >= 4 is 6.03 Å². The smallest absolute Gasteiger partial charge is 0.317 e. The van der Waals surface area contributed by atoms with Gasteiger partial charge >= 0.3 is 6.03 Å². The van der Waals surface area contributed by atoms with E-state index in [4.69, 9.17) is 4.42 Å². The average Bonchev–Trinajstić information content (AvgIpc) is 3.12. The van der Waals surface area contributed by atoms with Crippen LogP contribution in [0.1, 0.15) is 54.5 Å². The van der Waals surface area contributed by atoms with Gasteiger partial charge in [0, 0.05) is 25.1 Å². The Hall–Kier alpha value is -2.43. The number of carbonyl (C=O) groups is 1. The van der Waals surface area contributed by atoms with Crippen molar-refractivity contribution in [3.05, 3.63) is 53.5 Å². The molecule has 0 saturated carbocycles. The quantitative estimate of drug-likeness (QED) is 0.870. The van der Waals surface area contributed by atoms with Gasteiger partial charge in [0.05, 0.1) is 12.3 Å². The largest absolute Gasteiger partial charge is 0.508 e. The lowest BCUT2D eigenvalue weighted by molar-refractivity contribution is 0.176. The first kappa shape index (κ1) is 16.1. The molecule has 5 nitrogen and oxygen atoms in total. The van der Waals surface area contributed by atoms with E-state index in [1.165, 1.54) is 5.56 Å². The third kappa shape index (κ3) is 3.36. The maximum absolute atomic E-state index is 12.6. The van der Waals surface area contributed by atoms with Crippen molar-refractivity contribution in [1.29, 1.82) is 0 Å². The summed E-state index contributed by atoms with van der Waals surface area (Å²) in [6, 6.07) is 9.53. The fraction of sp³-hybridized carbons (Fsp3) is 0.450. The highest BCUT2D eigenvalue weighted by Gasteiger charge is 2.28. The van der Waals surface area contributed by atoms with E-state index >= 15 is 0 Å². The summed E-state index contributed by atoms with van der Waals surface area (Å²) in [4.78, 5) is 14.6. The Morgan fingerprint density at radius 1 is 1.12 bits per heavy atom. The van der Waals surface area contributed by atoms with Crippen LogP contribution >= 0.6 is 0 Å². The normalized spacial score (nSPS) is 21.0. The molecule has 0 spiro atoms. The van der Waals surface area contributed by atoms with Gasteiger partial charge in [0.2, 0.25) is 0 Å². The van der Waals surface area contributed by atoms with Gasteiger partial charge in [-0.05, 0) is 55.4 Å². The molecule has 2 aliphatic rings. The van der Waals surface area contributed by atoms with E-state index in [0.717, 1.165) is 56.5 Å². The zero-order valence-corrected chi connectivity index (χ0v) is 14.3. The Bertz CT molecular complexity index is 730. The van der Waals surface area contributed by atoms with Crippen LogP contribution in [0.15, 0.2) is 41.0 Å². The summed E-state index contributed by atoms with van der Waals surface area (Å²) in [7, 11) is 0. The fourth-order valence-electron chi connectivity index (χ4n) is 4.04. The van der Waals surface area contributed by atoms with Gasteiger partial charge in [-0.1, -0.05) is 12.1 Å². The molecule has 2 amide bonds. The third-order valence-corrected chi connectivity index (χ3v) is 5.50. The summed E-state index contributed by atoms with van der Waals surface area (Å²) in [6.07, 6.45) is 6.63. The molecule has 2 heterocycles. The molecule has 1 unspecified atom stereocenters. The van der Waals surface area contributed by atoms with Crippen molar-refractivity contribution in [3.63, 3.8) is 0 Å². The Morgan fingerprint density at radius 3 is 2.64 bits per heavy atom. The van der Waals surface area contributed by atoms with Gasteiger partial charge in [0.1, 0.15) is 11.5 Å². The predicted octanol–water partition coefficient (Wildman–Crippen LogP) is 3.95. The molecule has 5 heteroatoms. The highest BCUT2D eigenvalue weighted by molar-refractivity contribution is 5.75. The lowest BCUT2D eigenvalue weighted by atomic mass is 9.89. The molecule has 2 aromatic rings. The zero-order chi connectivity index (χ0) is 17.2. The molecule has 0 bridgehead atoms. The van der Waals surface area contributed by atoms with Gasteiger partial charge in [0.25, 0.3) is 0 Å². The second-order valence-corrected chi connectivity index (χ2v) is 7.05. The number of amides is 2. The van der Waals surface area contributed by atoms with Crippen LogP contribution < -0.4 is 5.32 Å². The number of rotatable bonds is 2. The standard InChI is InChI=1S/C20H24N2O3/c23-16-6-4-14(5-7-16)15-8-11-22(12-9-15)20(24)21-18-2-1-3-19-17(18)10-13-25-19/h4-7,10,13,15,18,23H,1-3,8-9,11-12H2,(H,21,24). The number of phenols is 1. The van der Waals surface area contributed by atoms with Crippen molar-refractivity contribution in [1.82, 2.24) is 10.2 Å². The first-order chi connectivity index (χ1) is 12.2. The lowest BCUT2D eigenvalue weighted by Crippen LogP contribution is -2.45. The van der Waals surface area contributed by atoms with Crippen molar-refractivity contribution in [2.24, 2.45) is 0 Å². The van der Waals surface area contributed by atoms with E-state index in [0.29, 0.717) is 11.7 Å². The van der Waals surface area contributed by atoms with Crippen molar-refractivity contribution < 1.29 is 14.3 Å². The van der Waals surface area contributed by atoms with Crippen LogP contribution in [-0.2, 0) is 6.42 Å². The number of aromatic hydroxyl groups is 1. The van der Waals surface area contributed by atoms with Crippen LogP contribution in [0.5, 0.6) is 5.75 Å². The van der Waals surface area contributed by atoms with Crippen molar-refractivity contribution in [3.8, 4) is 5.75 Å². The number of likely N-dealkylation sites (tertiary alicyclic amines) is 1. The number of hydrogen-bond acceptors (Lipinski definition) is 3. The molecular formula is C20H24N2O3. The van der Waals surface area contributed by atoms with Gasteiger partial charge in [0.15, 0.2) is 0 Å². The zero-order valence-electron chi connectivity index (χ0n) is 14.3. The number of benzene rings is 1. The molecule has 0 radical (unpaired) electrons. The number of nitrogens with zero attached hydrogens (tertiary/aromatic N) is 1. The molecule has 1 atom stereocenters. The molecule has 1 aliphatic carbocycles. The Kier molecular flexibility index (Phi) is 4.38. The molecule has 2 N–H and O–H groups in total. The summed E-state index contributed by atoms with van der Waals surface area (Å²) in [5.41, 5.74) is 2.38. The SMILES string of the molecule is O=C(NC1CCCc2occc21)N1CCC(c2ccc(O)cc2)CC1. The number of carbonyl (C=O) groups excluding carboxylic acids is 1. The molecule has 132 valence electrons. The lowest BCUT2D eigenvalue weighted by Gasteiger charge is -2.34. The Labute approximate surface area is 147 Å². The predicted molar refractivity (Wildman–Crippen MR) is 94.6 cm³/mol. The highest BCUT2D eigenvalue weighted by Crippen LogP contribution is 2.32. The van der Waals surface area contributed by atoms with Crippen LogP contribution in [0.4, 0.5) is 4.79 Å². The maximum Gasteiger partial charge on any atom is 0.317 e. The van der Waals surface area contributed by atoms with Gasteiger partial charge in [-0.15, -0.1) is 0 Å². The first-order valence-corrected chi connectivity index (χ1v) is 9.11. The van der Waals surface area contributed by atoms with E-state index in [-0.39, 0.29) is 12.1 Å². The van der Waals surface area contributed by atoms with Crippen LogP contribution in [0, 0.1) is 0 Å². The summed E-state index contributed by atoms with van der Waals surface area (Å²) in [6.45, 7) is 1.53. The Balaban J connectivity index is 1.34. The minimum absolute atomic E-state index is 0.0307. The van der Waals surface area contributed by atoms with E-state index in [1.54, 1.807) is 18.4 Å². The number of phenolic OH excluding ortho intramolecular Hbond substituents is 1. The maximum atomic E-state index is 12.6. The van der Waals surface area contributed by atoms with Crippen molar-refractivity contribution in [2.45, 2.75) is 44.1 Å². The number of fused-ring (bicyclic) bond motifs is 1. The fourth-order valence-corrected chi connectivity index (χ4v) is 4.04. The van der Waals surface area contributed by atoms with E-state index < -0.39 is 0 Å². The van der Waals surface area contributed by atoms with Crippen LogP contribution in [0.25, 0.3) is 0 Å². The minimum atomic E-state index is 0.0307. The summed E-state index contributed by atoms with van der Waals surface area (Å²) in [5, 5.41) is 12.6. The third-order valence-electron chi connectivity index (χ3n) is 5.50. The molecule has 4 rings (SSSR count). The second-order valence-electron chi connectivity index (χ2n) is 7.05. The number of aryl methyl sites for hydroxylation is 1. The number of furan rings is 1. The molecular weight excluding hydrogens is 316 g/mol. The summed E-state index contributed by atoms with van der Waals surface area (Å²) < 4.78 is 5.50. The van der Waals surface area contributed by atoms with Crippen LogP contribution in [0.2, 0.25) is 0 Å². The number of nitrogens with one attached hydrogen (secondary N) is 1. The van der Waals surface area contributed by atoms with Crippen molar-refractivity contribution in [2.75, 3.05) is 13.1 Å². The topological polar surface area (TPSA) is 65.7 Å². The van der Waals surface area contributed by atoms with E-state index in [2.05, 4.69) is 5.32 Å². The monoisotopic (exact) mass is 340 g/mol.